The molecule has 0 amide bonds. The lowest BCUT2D eigenvalue weighted by atomic mass is 9.42. The maximum Gasteiger partial charge on any atom is 0.187 e. The summed E-state index contributed by atoms with van der Waals surface area (Å²) < 4.78 is 60.7. The Kier molecular flexibility index (Phi) is 16.8. The number of rotatable bonds is 12. The van der Waals surface area contributed by atoms with Gasteiger partial charge in [0.15, 0.2) is 30.9 Å². The van der Waals surface area contributed by atoms with Crippen molar-refractivity contribution in [1.29, 1.82) is 0 Å². The number of aliphatic hydroxyl groups is 14. The Bertz CT molecular complexity index is 1970. The third-order valence-electron chi connectivity index (χ3n) is 20.3. The molecule has 76 heavy (non-hydrogen) atoms. The molecule has 4 saturated carbocycles. The first kappa shape index (κ1) is 58.2. The second-order valence-electron chi connectivity index (χ2n) is 24.4. The molecule has 1 spiro atoms. The summed E-state index contributed by atoms with van der Waals surface area (Å²) in [7, 11) is 0. The average Bonchev–Trinajstić information content (AvgIpc) is 3.86. The van der Waals surface area contributed by atoms with Gasteiger partial charge in [-0.25, -0.2) is 4.89 Å². The van der Waals surface area contributed by atoms with Crippen LogP contribution in [0.1, 0.15) is 79.1 Å². The molecule has 10 aliphatic rings. The lowest BCUT2D eigenvalue weighted by molar-refractivity contribution is -0.416. The zero-order valence-corrected chi connectivity index (χ0v) is 43.1. The highest BCUT2D eigenvalue weighted by Crippen LogP contribution is 2.72. The summed E-state index contributed by atoms with van der Waals surface area (Å²) in [6.45, 7) is 6.04. The summed E-state index contributed by atoms with van der Waals surface area (Å²) in [6.07, 6.45) is -34.6. The molecule has 26 unspecified atom stereocenters. The SMILES string of the molecule is CC1CC[C@@]2(OC1)OC1CC3C4C[C@@H](O)[C@@]5(O)CC(OC6OC(CO)C(OC7OC(CO)C(O)C(OC8OCC(O)C(O)C8O)C7OC7OC(CO)C(OO)C(O)C7O)C(O)C6O)[C@H](O)C[C@]5(C)C4CC[C@]3(C)C1[C@@H]2C. The van der Waals surface area contributed by atoms with Gasteiger partial charge in [-0.1, -0.05) is 27.7 Å². The van der Waals surface area contributed by atoms with Gasteiger partial charge in [-0.3, -0.25) is 5.26 Å². The van der Waals surface area contributed by atoms with E-state index in [0.29, 0.717) is 18.9 Å². The summed E-state index contributed by atoms with van der Waals surface area (Å²) in [5, 5.41) is 166. The first-order valence-electron chi connectivity index (χ1n) is 27.2. The Hall–Kier alpha value is -1.04. The molecule has 4 aliphatic carbocycles. The van der Waals surface area contributed by atoms with Crippen LogP contribution in [0.25, 0.3) is 0 Å². The maximum absolute atomic E-state index is 12.8. The number of ether oxygens (including phenoxy) is 10. The van der Waals surface area contributed by atoms with E-state index in [1.807, 2.05) is 6.92 Å². The topological polar surface area (TPSA) is 405 Å². The second kappa shape index (κ2) is 21.9. The van der Waals surface area contributed by atoms with Crippen LogP contribution >= 0.6 is 0 Å². The van der Waals surface area contributed by atoms with Gasteiger partial charge in [0, 0.05) is 24.2 Å². The molecule has 10 fully saturated rings. The van der Waals surface area contributed by atoms with Gasteiger partial charge in [0.05, 0.1) is 63.1 Å². The smallest absolute Gasteiger partial charge is 0.187 e. The average molecular weight is 1100 g/mol. The van der Waals surface area contributed by atoms with E-state index in [1.165, 1.54) is 0 Å². The molecule has 33 atom stereocenters. The van der Waals surface area contributed by atoms with Crippen molar-refractivity contribution in [3.63, 3.8) is 0 Å². The van der Waals surface area contributed by atoms with Crippen molar-refractivity contribution in [2.75, 3.05) is 33.0 Å². The van der Waals surface area contributed by atoms with E-state index < -0.39 is 178 Å². The summed E-state index contributed by atoms with van der Waals surface area (Å²) in [6, 6.07) is 0. The van der Waals surface area contributed by atoms with Crippen molar-refractivity contribution in [3.8, 4) is 0 Å². The molecular formula is C50H82O26. The second-order valence-corrected chi connectivity index (χ2v) is 24.4. The Morgan fingerprint density at radius 2 is 1.17 bits per heavy atom. The quantitative estimate of drug-likeness (QED) is 0.0496. The molecule has 15 N–H and O–H groups in total. The molecule has 10 rings (SSSR count). The van der Waals surface area contributed by atoms with Crippen molar-refractivity contribution in [2.24, 2.45) is 46.3 Å². The fourth-order valence-electron chi connectivity index (χ4n) is 16.0. The third-order valence-corrected chi connectivity index (χ3v) is 20.3. The van der Waals surface area contributed by atoms with Crippen LogP contribution in [-0.2, 0) is 52.3 Å². The highest BCUT2D eigenvalue weighted by atomic mass is 17.1. The maximum atomic E-state index is 12.8. The Morgan fingerprint density at radius 1 is 0.566 bits per heavy atom. The summed E-state index contributed by atoms with van der Waals surface area (Å²) >= 11 is 0. The largest absolute Gasteiger partial charge is 0.394 e. The Balaban J connectivity index is 0.848. The molecule has 0 radical (unpaired) electrons. The molecule has 438 valence electrons. The van der Waals surface area contributed by atoms with Crippen molar-refractivity contribution in [1.82, 2.24) is 0 Å². The van der Waals surface area contributed by atoms with Crippen LogP contribution in [0.2, 0.25) is 0 Å². The first-order chi connectivity index (χ1) is 36.0. The Morgan fingerprint density at radius 3 is 1.82 bits per heavy atom. The summed E-state index contributed by atoms with van der Waals surface area (Å²) in [5.74, 6) is 0.468. The molecule has 26 heteroatoms. The normalized spacial score (nSPS) is 58.4. The van der Waals surface area contributed by atoms with Crippen LogP contribution in [0.4, 0.5) is 0 Å². The van der Waals surface area contributed by atoms with Crippen molar-refractivity contribution < 1.29 is 129 Å². The minimum absolute atomic E-state index is 0.00513. The van der Waals surface area contributed by atoms with Gasteiger partial charge in [-0.05, 0) is 73.5 Å². The van der Waals surface area contributed by atoms with Gasteiger partial charge in [0.1, 0.15) is 91.6 Å². The monoisotopic (exact) mass is 1100 g/mol. The predicted octanol–water partition coefficient (Wildman–Crippen LogP) is -4.72. The van der Waals surface area contributed by atoms with Crippen LogP contribution in [0.5, 0.6) is 0 Å². The molecule has 6 aliphatic heterocycles. The minimum Gasteiger partial charge on any atom is -0.394 e. The van der Waals surface area contributed by atoms with E-state index in [0.717, 1.165) is 32.1 Å². The van der Waals surface area contributed by atoms with E-state index in [2.05, 4.69) is 25.7 Å². The van der Waals surface area contributed by atoms with Gasteiger partial charge < -0.3 is 119 Å². The van der Waals surface area contributed by atoms with E-state index >= 15 is 0 Å². The highest BCUT2D eigenvalue weighted by molar-refractivity contribution is 5.21. The standard InChI is InChI=1S/C50H82O26/c1-18-5-8-50(67-16-18)19(2)31-25(75-50)10-22-20-9-30(56)49(64)12-26(23(54)11-48(49,4)21(20)6-7-47(22,31)3)68-44-37(62)34(59)39(28(14-52)70-44)72-46-42(74-45-38(63)35(60)40(76-65)29(15-53)71-45)41(33(58)27(13-51)69-46)73-43-36(61)32(57)24(55)17-66-43/h18-46,51-65H,5-17H2,1-4H3/t18?,19-,20?,21?,22?,23+,24?,25?,26?,27?,28?,29?,30+,31?,32?,33?,34?,35?,36?,37?,38?,39?,40?,41?,42?,43?,44?,45?,46?,47-,48+,49-,50+/m0/s1. The zero-order chi connectivity index (χ0) is 54.7. The molecular weight excluding hydrogens is 1020 g/mol. The van der Waals surface area contributed by atoms with E-state index in [1.54, 1.807) is 0 Å². The molecule has 0 bridgehead atoms. The Labute approximate surface area is 439 Å². The third kappa shape index (κ3) is 9.45. The fourth-order valence-corrected chi connectivity index (χ4v) is 16.0. The van der Waals surface area contributed by atoms with E-state index in [4.69, 9.17) is 47.4 Å². The van der Waals surface area contributed by atoms with Crippen molar-refractivity contribution in [2.45, 2.75) is 232 Å². The van der Waals surface area contributed by atoms with Crippen LogP contribution in [0.15, 0.2) is 0 Å². The van der Waals surface area contributed by atoms with Crippen LogP contribution < -0.4 is 0 Å². The number of fused-ring (bicyclic) bond motifs is 7. The van der Waals surface area contributed by atoms with E-state index in [-0.39, 0.29) is 54.0 Å². The van der Waals surface area contributed by atoms with Crippen LogP contribution in [0, 0.1) is 46.3 Å². The zero-order valence-electron chi connectivity index (χ0n) is 43.1. The van der Waals surface area contributed by atoms with Crippen LogP contribution in [-0.4, -0.2) is 262 Å². The minimum atomic E-state index is -2.09. The molecule has 6 saturated heterocycles. The predicted molar refractivity (Wildman–Crippen MR) is 248 cm³/mol. The summed E-state index contributed by atoms with van der Waals surface area (Å²) in [4.78, 5) is 4.22. The molecule has 0 aromatic heterocycles. The van der Waals surface area contributed by atoms with Crippen molar-refractivity contribution >= 4 is 0 Å². The molecule has 0 aromatic carbocycles. The summed E-state index contributed by atoms with van der Waals surface area (Å²) in [5.41, 5.74) is -2.84. The molecule has 0 aromatic rings. The van der Waals surface area contributed by atoms with E-state index in [9.17, 15) is 76.7 Å². The van der Waals surface area contributed by atoms with Crippen LogP contribution in [0.3, 0.4) is 0 Å². The lowest BCUT2D eigenvalue weighted by Crippen LogP contribution is -2.71. The fraction of sp³-hybridized carbons (Fsp3) is 1.00. The lowest BCUT2D eigenvalue weighted by Gasteiger charge is -2.66. The van der Waals surface area contributed by atoms with Gasteiger partial charge in [0.25, 0.3) is 0 Å². The van der Waals surface area contributed by atoms with Gasteiger partial charge in [-0.2, -0.15) is 0 Å². The highest BCUT2D eigenvalue weighted by Gasteiger charge is 2.73. The number of aliphatic hydroxyl groups excluding tert-OH is 13. The first-order valence-corrected chi connectivity index (χ1v) is 27.2. The number of hydrogen-bond acceptors (Lipinski definition) is 26. The molecule has 6 heterocycles. The number of hydrogen-bond donors (Lipinski definition) is 15. The van der Waals surface area contributed by atoms with Crippen molar-refractivity contribution in [3.05, 3.63) is 0 Å². The van der Waals surface area contributed by atoms with Gasteiger partial charge in [0.2, 0.25) is 0 Å². The van der Waals surface area contributed by atoms with Gasteiger partial charge >= 0.3 is 0 Å². The molecule has 26 nitrogen and oxygen atoms in total. The van der Waals surface area contributed by atoms with Gasteiger partial charge in [-0.15, -0.1) is 0 Å².